The lowest BCUT2D eigenvalue weighted by molar-refractivity contribution is 0.576. The monoisotopic (exact) mass is 153 g/mol. The lowest BCUT2D eigenvalue weighted by atomic mass is 10.1. The summed E-state index contributed by atoms with van der Waals surface area (Å²) in [6.07, 6.45) is 6.19. The van der Waals surface area contributed by atoms with E-state index in [1.807, 2.05) is 6.92 Å². The van der Waals surface area contributed by atoms with E-state index in [4.69, 9.17) is 0 Å². The van der Waals surface area contributed by atoms with E-state index in [0.29, 0.717) is 0 Å². The average molecular weight is 153 g/mol. The van der Waals surface area contributed by atoms with Gasteiger partial charge >= 0.3 is 0 Å². The minimum atomic E-state index is 0.775. The minimum Gasteiger partial charge on any atom is -0.366 e. The average Bonchev–Trinajstić information content (AvgIpc) is 1.97. The highest BCUT2D eigenvalue weighted by Gasteiger charge is 1.96. The fraction of sp³-hybridized carbons (Fsp3) is 0.600. The highest BCUT2D eigenvalue weighted by atomic mass is 14.8. The molecule has 0 unspecified atom stereocenters. The topological polar surface area (TPSA) is 12.0 Å². The molecule has 0 aliphatic heterocycles. The van der Waals surface area contributed by atoms with Crippen LogP contribution >= 0.6 is 0 Å². The Labute approximate surface area is 70.2 Å². The van der Waals surface area contributed by atoms with Crippen LogP contribution in [0.4, 0.5) is 0 Å². The Kier molecular flexibility index (Phi) is 5.63. The van der Waals surface area contributed by atoms with E-state index in [1.54, 1.807) is 6.20 Å². The Morgan fingerprint density at radius 1 is 1.55 bits per heavy atom. The number of hydrogen-bond acceptors (Lipinski definition) is 1. The van der Waals surface area contributed by atoms with Crippen molar-refractivity contribution < 1.29 is 0 Å². The first-order chi connectivity index (χ1) is 5.20. The van der Waals surface area contributed by atoms with Gasteiger partial charge in [0.15, 0.2) is 0 Å². The van der Waals surface area contributed by atoms with Gasteiger partial charge in [-0.3, -0.25) is 0 Å². The van der Waals surface area contributed by atoms with Gasteiger partial charge in [-0.2, -0.15) is 0 Å². The molecule has 0 aliphatic rings. The molecule has 0 amide bonds. The van der Waals surface area contributed by atoms with Gasteiger partial charge in [-0.05, 0) is 31.9 Å². The van der Waals surface area contributed by atoms with E-state index >= 15 is 0 Å². The zero-order valence-electron chi connectivity index (χ0n) is 7.85. The summed E-state index contributed by atoms with van der Waals surface area (Å²) in [6.45, 7) is 10.1. The highest BCUT2D eigenvalue weighted by Crippen LogP contribution is 2.08. The predicted octanol–water partition coefficient (Wildman–Crippen LogP) is 3.06. The van der Waals surface area contributed by atoms with Gasteiger partial charge in [0.1, 0.15) is 0 Å². The van der Waals surface area contributed by atoms with Crippen molar-refractivity contribution in [2.75, 3.05) is 0 Å². The molecule has 1 N–H and O–H groups in total. The fourth-order valence-corrected chi connectivity index (χ4v) is 0.875. The quantitative estimate of drug-likeness (QED) is 0.640. The molecular formula is C10H19N. The van der Waals surface area contributed by atoms with Crippen LogP contribution in [0, 0.1) is 5.92 Å². The molecule has 0 aromatic carbocycles. The molecule has 0 saturated carbocycles. The molecule has 0 aromatic heterocycles. The van der Waals surface area contributed by atoms with Gasteiger partial charge in [-0.25, -0.2) is 0 Å². The summed E-state index contributed by atoms with van der Waals surface area (Å²) in [6, 6.07) is 0. The van der Waals surface area contributed by atoms with Crippen LogP contribution in [0.25, 0.3) is 0 Å². The molecule has 0 rings (SSSR count). The summed E-state index contributed by atoms with van der Waals surface area (Å²) in [5.74, 6) is 0.775. The van der Waals surface area contributed by atoms with Gasteiger partial charge in [-0.1, -0.05) is 26.5 Å². The van der Waals surface area contributed by atoms with Gasteiger partial charge in [0.25, 0.3) is 0 Å². The smallest absolute Gasteiger partial charge is 0.0103 e. The van der Waals surface area contributed by atoms with Crippen molar-refractivity contribution in [2.45, 2.75) is 33.6 Å². The molecule has 0 spiro atoms. The molecule has 0 atom stereocenters. The Hall–Kier alpha value is -0.720. The molecule has 11 heavy (non-hydrogen) atoms. The zero-order chi connectivity index (χ0) is 8.69. The van der Waals surface area contributed by atoms with Crippen molar-refractivity contribution in [1.29, 1.82) is 0 Å². The molecule has 1 heteroatoms. The van der Waals surface area contributed by atoms with Crippen molar-refractivity contribution in [2.24, 2.45) is 5.92 Å². The lowest BCUT2D eigenvalue weighted by Gasteiger charge is -2.07. The van der Waals surface area contributed by atoms with Crippen LogP contribution in [0.3, 0.4) is 0 Å². The summed E-state index contributed by atoms with van der Waals surface area (Å²) < 4.78 is 0. The van der Waals surface area contributed by atoms with Crippen LogP contribution < -0.4 is 5.32 Å². The second-order valence-corrected chi connectivity index (χ2v) is 3.09. The third-order valence-corrected chi connectivity index (χ3v) is 1.63. The normalized spacial score (nSPS) is 11.8. The third kappa shape index (κ3) is 5.71. The molecule has 1 nitrogen and oxygen atoms in total. The molecule has 0 fully saturated rings. The first-order valence-corrected chi connectivity index (χ1v) is 4.23. The summed E-state index contributed by atoms with van der Waals surface area (Å²) in [5.41, 5.74) is 1.27. The number of allylic oxidation sites excluding steroid dienone is 2. The van der Waals surface area contributed by atoms with E-state index in [-0.39, 0.29) is 0 Å². The SMILES string of the molecule is C=CN/C(=C\C)CCC(C)C. The van der Waals surface area contributed by atoms with E-state index < -0.39 is 0 Å². The van der Waals surface area contributed by atoms with Gasteiger partial charge < -0.3 is 5.32 Å². The van der Waals surface area contributed by atoms with Crippen LogP contribution in [-0.4, -0.2) is 0 Å². The molecule has 0 heterocycles. The van der Waals surface area contributed by atoms with Crippen LogP contribution in [-0.2, 0) is 0 Å². The van der Waals surface area contributed by atoms with Gasteiger partial charge in [0, 0.05) is 5.70 Å². The van der Waals surface area contributed by atoms with Gasteiger partial charge in [0.05, 0.1) is 0 Å². The highest BCUT2D eigenvalue weighted by molar-refractivity contribution is 5.00. The first kappa shape index (κ1) is 10.3. The maximum absolute atomic E-state index is 3.62. The van der Waals surface area contributed by atoms with Crippen LogP contribution in [0.1, 0.15) is 33.6 Å². The van der Waals surface area contributed by atoms with Gasteiger partial charge in [0.2, 0.25) is 0 Å². The summed E-state index contributed by atoms with van der Waals surface area (Å²) in [5, 5.41) is 3.11. The van der Waals surface area contributed by atoms with Crippen LogP contribution in [0.5, 0.6) is 0 Å². The molecule has 0 aliphatic carbocycles. The van der Waals surface area contributed by atoms with E-state index in [1.165, 1.54) is 12.1 Å². The van der Waals surface area contributed by atoms with Crippen molar-refractivity contribution in [1.82, 2.24) is 5.32 Å². The van der Waals surface area contributed by atoms with Crippen molar-refractivity contribution in [3.8, 4) is 0 Å². The van der Waals surface area contributed by atoms with Crippen LogP contribution in [0.2, 0.25) is 0 Å². The number of hydrogen-bond donors (Lipinski definition) is 1. The Morgan fingerprint density at radius 2 is 2.18 bits per heavy atom. The number of rotatable bonds is 5. The van der Waals surface area contributed by atoms with E-state index in [2.05, 4.69) is 31.8 Å². The van der Waals surface area contributed by atoms with E-state index in [9.17, 15) is 0 Å². The maximum atomic E-state index is 3.62. The first-order valence-electron chi connectivity index (χ1n) is 4.23. The van der Waals surface area contributed by atoms with Gasteiger partial charge in [-0.15, -0.1) is 0 Å². The lowest BCUT2D eigenvalue weighted by Crippen LogP contribution is -2.04. The Morgan fingerprint density at radius 3 is 2.55 bits per heavy atom. The number of nitrogens with one attached hydrogen (secondary N) is 1. The standard InChI is InChI=1S/C10H19N/c1-5-10(11-6-2)8-7-9(3)4/h5-6,9,11H,2,7-8H2,1,3-4H3/b10-5-. The second-order valence-electron chi connectivity index (χ2n) is 3.09. The fourth-order valence-electron chi connectivity index (χ4n) is 0.875. The molecule has 0 aromatic rings. The van der Waals surface area contributed by atoms with Crippen molar-refractivity contribution in [3.63, 3.8) is 0 Å². The van der Waals surface area contributed by atoms with E-state index in [0.717, 1.165) is 12.3 Å². The Bertz CT molecular complexity index is 134. The molecule has 0 bridgehead atoms. The minimum absolute atomic E-state index is 0.775. The zero-order valence-corrected chi connectivity index (χ0v) is 7.85. The molecular weight excluding hydrogens is 134 g/mol. The second kappa shape index (κ2) is 6.02. The van der Waals surface area contributed by atoms with Crippen molar-refractivity contribution >= 4 is 0 Å². The summed E-state index contributed by atoms with van der Waals surface area (Å²) in [7, 11) is 0. The Balaban J connectivity index is 3.62. The maximum Gasteiger partial charge on any atom is 0.0103 e. The molecule has 0 saturated heterocycles. The third-order valence-electron chi connectivity index (χ3n) is 1.63. The molecule has 0 radical (unpaired) electrons. The largest absolute Gasteiger partial charge is 0.366 e. The van der Waals surface area contributed by atoms with Crippen molar-refractivity contribution in [3.05, 3.63) is 24.6 Å². The predicted molar refractivity (Wildman–Crippen MR) is 51.2 cm³/mol. The summed E-state index contributed by atoms with van der Waals surface area (Å²) in [4.78, 5) is 0. The van der Waals surface area contributed by atoms with Crippen LogP contribution in [0.15, 0.2) is 24.6 Å². The molecule has 64 valence electrons. The summed E-state index contributed by atoms with van der Waals surface area (Å²) >= 11 is 0.